The lowest BCUT2D eigenvalue weighted by atomic mass is 10.2. The standard InChI is InChI=1S/C17H15N5/c1-2-6-14(7-3-1)22-12-15(17-19-10-11-21(17)13-22)20-16-8-4-5-9-18-16/h1-12H,13H2,(H,18,20)/p+1. The molecule has 1 atom stereocenters. The number of benzene rings is 1. The first kappa shape index (κ1) is 12.8. The summed E-state index contributed by atoms with van der Waals surface area (Å²) in [5.74, 6) is 1.82. The van der Waals surface area contributed by atoms with Crippen molar-refractivity contribution in [3.63, 3.8) is 0 Å². The van der Waals surface area contributed by atoms with Gasteiger partial charge < -0.3 is 5.32 Å². The van der Waals surface area contributed by atoms with E-state index in [4.69, 9.17) is 0 Å². The van der Waals surface area contributed by atoms with Gasteiger partial charge in [-0.15, -0.1) is 0 Å². The number of para-hydroxylation sites is 1. The molecule has 2 N–H and O–H groups in total. The van der Waals surface area contributed by atoms with Crippen molar-refractivity contribution in [2.75, 3.05) is 16.9 Å². The predicted octanol–water partition coefficient (Wildman–Crippen LogP) is 1.58. The molecule has 2 aliphatic rings. The van der Waals surface area contributed by atoms with Crippen LogP contribution in [0.2, 0.25) is 0 Å². The normalized spacial score (nSPS) is 19.5. The van der Waals surface area contributed by atoms with Crippen molar-refractivity contribution in [1.82, 2.24) is 4.98 Å². The lowest BCUT2D eigenvalue weighted by Gasteiger charge is -2.29. The molecule has 0 bridgehead atoms. The number of anilines is 2. The van der Waals surface area contributed by atoms with Gasteiger partial charge in [0, 0.05) is 18.1 Å². The van der Waals surface area contributed by atoms with E-state index in [0.717, 1.165) is 29.7 Å². The van der Waals surface area contributed by atoms with E-state index in [0.29, 0.717) is 0 Å². The first-order chi connectivity index (χ1) is 10.9. The minimum Gasteiger partial charge on any atom is -0.333 e. The molecule has 0 amide bonds. The number of hydrogen-bond acceptors (Lipinski definition) is 4. The van der Waals surface area contributed by atoms with E-state index in [1.54, 1.807) is 6.20 Å². The van der Waals surface area contributed by atoms with Crippen LogP contribution in [0.15, 0.2) is 84.0 Å². The van der Waals surface area contributed by atoms with Crippen LogP contribution in [-0.4, -0.2) is 17.5 Å². The number of aromatic nitrogens is 1. The molecule has 0 saturated heterocycles. The predicted molar refractivity (Wildman–Crippen MR) is 87.3 cm³/mol. The molecule has 0 saturated carbocycles. The minimum absolute atomic E-state index is 0.817. The zero-order valence-electron chi connectivity index (χ0n) is 12.0. The van der Waals surface area contributed by atoms with Gasteiger partial charge in [-0.2, -0.15) is 4.99 Å². The Bertz CT molecular complexity index is 749. The molecule has 1 aromatic heterocycles. The molecule has 5 nitrogen and oxygen atoms in total. The van der Waals surface area contributed by atoms with Crippen LogP contribution in [0.5, 0.6) is 0 Å². The van der Waals surface area contributed by atoms with Crippen molar-refractivity contribution in [3.8, 4) is 0 Å². The SMILES string of the molecule is C1=C[NH+]2CN(c3ccccc3)C=C(Nc3ccccn3)C2=N1. The van der Waals surface area contributed by atoms with Crippen LogP contribution < -0.4 is 15.1 Å². The molecule has 0 spiro atoms. The van der Waals surface area contributed by atoms with E-state index in [2.05, 4.69) is 44.7 Å². The Hall–Kier alpha value is -2.92. The summed E-state index contributed by atoms with van der Waals surface area (Å²) in [6.45, 7) is 0.826. The Morgan fingerprint density at radius 1 is 1.05 bits per heavy atom. The van der Waals surface area contributed by atoms with Gasteiger partial charge in [-0.05, 0) is 24.3 Å². The van der Waals surface area contributed by atoms with Gasteiger partial charge in [0.1, 0.15) is 17.7 Å². The summed E-state index contributed by atoms with van der Waals surface area (Å²) in [6.07, 6.45) is 7.80. The number of hydrogen-bond donors (Lipinski definition) is 2. The maximum Gasteiger partial charge on any atom is 0.257 e. The Morgan fingerprint density at radius 2 is 1.91 bits per heavy atom. The van der Waals surface area contributed by atoms with Gasteiger partial charge in [0.25, 0.3) is 5.84 Å². The molecule has 1 unspecified atom stereocenters. The molecule has 1 aromatic carbocycles. The van der Waals surface area contributed by atoms with Gasteiger partial charge in [0.15, 0.2) is 6.67 Å². The first-order valence-electron chi connectivity index (χ1n) is 7.23. The number of nitrogens with one attached hydrogen (secondary N) is 2. The highest BCUT2D eigenvalue weighted by atomic mass is 15.4. The van der Waals surface area contributed by atoms with Gasteiger partial charge >= 0.3 is 0 Å². The number of rotatable bonds is 3. The fourth-order valence-corrected chi connectivity index (χ4v) is 2.63. The molecular weight excluding hydrogens is 274 g/mol. The van der Waals surface area contributed by atoms with E-state index < -0.39 is 0 Å². The average molecular weight is 290 g/mol. The third kappa shape index (κ3) is 2.38. The largest absolute Gasteiger partial charge is 0.333 e. The Morgan fingerprint density at radius 3 is 2.73 bits per heavy atom. The van der Waals surface area contributed by atoms with Crippen LogP contribution in [-0.2, 0) is 0 Å². The third-order valence-corrected chi connectivity index (χ3v) is 3.68. The smallest absolute Gasteiger partial charge is 0.257 e. The highest BCUT2D eigenvalue weighted by molar-refractivity contribution is 5.97. The molecule has 5 heteroatoms. The fraction of sp³-hybridized carbons (Fsp3) is 0.0588. The van der Waals surface area contributed by atoms with Gasteiger partial charge in [-0.1, -0.05) is 24.3 Å². The summed E-state index contributed by atoms with van der Waals surface area (Å²) in [7, 11) is 0. The molecule has 4 rings (SSSR count). The summed E-state index contributed by atoms with van der Waals surface area (Å²) in [5.41, 5.74) is 2.13. The van der Waals surface area contributed by atoms with Crippen molar-refractivity contribution in [3.05, 3.63) is 79.0 Å². The summed E-state index contributed by atoms with van der Waals surface area (Å²) in [6, 6.07) is 16.2. The van der Waals surface area contributed by atoms with Crippen molar-refractivity contribution < 1.29 is 4.90 Å². The molecule has 2 aromatic rings. The Balaban J connectivity index is 1.68. The van der Waals surface area contributed by atoms with Gasteiger partial charge in [-0.3, -0.25) is 4.90 Å². The van der Waals surface area contributed by atoms with Crippen LogP contribution in [0.3, 0.4) is 0 Å². The quantitative estimate of drug-likeness (QED) is 0.902. The maximum atomic E-state index is 4.48. The number of pyridine rings is 1. The van der Waals surface area contributed by atoms with Crippen LogP contribution in [0.4, 0.5) is 11.5 Å². The number of fused-ring (bicyclic) bond motifs is 1. The summed E-state index contributed by atoms with van der Waals surface area (Å²) in [5, 5.41) is 3.37. The third-order valence-electron chi connectivity index (χ3n) is 3.68. The van der Waals surface area contributed by atoms with Gasteiger partial charge in [-0.25, -0.2) is 9.88 Å². The van der Waals surface area contributed by atoms with Gasteiger partial charge in [0.2, 0.25) is 0 Å². The zero-order chi connectivity index (χ0) is 14.8. The number of nitrogens with zero attached hydrogens (tertiary/aromatic N) is 3. The topological polar surface area (TPSA) is 45.0 Å². The average Bonchev–Trinajstić information content (AvgIpc) is 3.05. The minimum atomic E-state index is 0.817. The summed E-state index contributed by atoms with van der Waals surface area (Å²) in [4.78, 5) is 12.2. The molecule has 0 aliphatic carbocycles. The second-order valence-corrected chi connectivity index (χ2v) is 5.16. The highest BCUT2D eigenvalue weighted by Gasteiger charge is 2.31. The van der Waals surface area contributed by atoms with E-state index in [1.807, 2.05) is 42.6 Å². The van der Waals surface area contributed by atoms with Crippen LogP contribution in [0, 0.1) is 0 Å². The molecule has 2 aliphatic heterocycles. The van der Waals surface area contributed by atoms with E-state index >= 15 is 0 Å². The van der Waals surface area contributed by atoms with Crippen LogP contribution in [0.1, 0.15) is 0 Å². The number of amidine groups is 1. The second-order valence-electron chi connectivity index (χ2n) is 5.16. The van der Waals surface area contributed by atoms with E-state index in [1.165, 1.54) is 4.90 Å². The van der Waals surface area contributed by atoms with Crippen molar-refractivity contribution in [1.29, 1.82) is 0 Å². The summed E-state index contributed by atoms with van der Waals surface area (Å²) >= 11 is 0. The van der Waals surface area contributed by atoms with Crippen LogP contribution in [0.25, 0.3) is 0 Å². The van der Waals surface area contributed by atoms with Crippen molar-refractivity contribution >= 4 is 17.3 Å². The zero-order valence-corrected chi connectivity index (χ0v) is 12.0. The number of quaternary nitrogens is 1. The van der Waals surface area contributed by atoms with E-state index in [-0.39, 0.29) is 0 Å². The van der Waals surface area contributed by atoms with Crippen molar-refractivity contribution in [2.24, 2.45) is 4.99 Å². The molecule has 3 heterocycles. The monoisotopic (exact) mass is 290 g/mol. The van der Waals surface area contributed by atoms with Crippen LogP contribution >= 0.6 is 0 Å². The Kier molecular flexibility index (Phi) is 3.18. The molecule has 22 heavy (non-hydrogen) atoms. The molecule has 0 fully saturated rings. The molecular formula is C17H16N5+. The lowest BCUT2D eigenvalue weighted by molar-refractivity contribution is -0.743. The molecule has 108 valence electrons. The fourth-order valence-electron chi connectivity index (χ4n) is 2.63. The first-order valence-corrected chi connectivity index (χ1v) is 7.23. The lowest BCUT2D eigenvalue weighted by Crippen LogP contribution is -3.12. The summed E-state index contributed by atoms with van der Waals surface area (Å²) < 4.78 is 0. The molecule has 0 radical (unpaired) electrons. The number of aliphatic imine (C=N–C) groups is 1. The second kappa shape index (κ2) is 5.46. The van der Waals surface area contributed by atoms with Crippen molar-refractivity contribution in [2.45, 2.75) is 0 Å². The Labute approximate surface area is 128 Å². The highest BCUT2D eigenvalue weighted by Crippen LogP contribution is 2.17. The maximum absolute atomic E-state index is 4.48. The van der Waals surface area contributed by atoms with Gasteiger partial charge in [0.05, 0.1) is 6.20 Å². The van der Waals surface area contributed by atoms with E-state index in [9.17, 15) is 0 Å².